The second-order valence-corrected chi connectivity index (χ2v) is 45.1. The number of aliphatic hydroxyl groups excluding tert-OH is 6. The Morgan fingerprint density at radius 2 is 0.943 bits per heavy atom. The second-order valence-electron chi connectivity index (χ2n) is 32.1. The van der Waals surface area contributed by atoms with Gasteiger partial charge in [-0.2, -0.15) is 0 Å². The number of β-lactam (4-membered cyclic amide) rings is 6. The Bertz CT molecular complexity index is 3570. The zero-order valence-electron chi connectivity index (χ0n) is 61.4. The summed E-state index contributed by atoms with van der Waals surface area (Å²) in [6.45, 7) is 17.5. The van der Waals surface area contributed by atoms with Crippen LogP contribution in [-0.2, 0) is 47.9 Å². The predicted molar refractivity (Wildman–Crippen MR) is 400 cm³/mol. The van der Waals surface area contributed by atoms with Crippen LogP contribution in [0.5, 0.6) is 0 Å². The van der Waals surface area contributed by atoms with Gasteiger partial charge in [-0.05, 0) is 62.3 Å². The number of thioether (sulfide) groups is 2. The Kier molecular flexibility index (Phi) is 24.0. The molecule has 28 heteroatoms. The van der Waals surface area contributed by atoms with Crippen LogP contribution in [0.2, 0.25) is 11.2 Å². The minimum absolute atomic E-state index is 0.00194. The third-order valence-electron chi connectivity index (χ3n) is 25.7. The molecule has 4 unspecified atom stereocenters. The molecule has 10 saturated heterocycles. The van der Waals surface area contributed by atoms with Gasteiger partial charge in [0, 0.05) is 24.8 Å². The fourth-order valence-electron chi connectivity index (χ4n) is 18.9. The molecule has 5 aliphatic carbocycles. The number of likely N-dealkylation sites (N-methyl/N-ethyl adjacent to an activating group) is 1. The molecule has 0 spiro atoms. The summed E-state index contributed by atoms with van der Waals surface area (Å²) in [5.41, 5.74) is 1.40. The van der Waals surface area contributed by atoms with E-state index in [0.717, 1.165) is 114 Å². The number of carbonyl (C=O) groups excluding carboxylic acids is 10. The molecule has 0 aromatic rings. The summed E-state index contributed by atoms with van der Waals surface area (Å²) in [5, 5.41) is 82.4. The number of likely N-dealkylation sites (tertiary alicyclic amines) is 1. The number of allylic oxidation sites excluding steroid dienone is 6. The van der Waals surface area contributed by atoms with E-state index in [1.165, 1.54) is 25.9 Å². The van der Waals surface area contributed by atoms with Crippen molar-refractivity contribution in [3.05, 3.63) is 80.9 Å². The Labute approximate surface area is 650 Å². The first-order valence-corrected chi connectivity index (χ1v) is 45.8. The first-order chi connectivity index (χ1) is 49.8. The van der Waals surface area contributed by atoms with E-state index in [1.807, 2.05) is 78.2 Å². The van der Waals surface area contributed by atoms with Crippen molar-refractivity contribution in [3.63, 3.8) is 0 Å². The van der Waals surface area contributed by atoms with Crippen molar-refractivity contribution < 1.29 is 78.6 Å². The van der Waals surface area contributed by atoms with E-state index < -0.39 is 120 Å². The number of nitrogens with one attached hydrogen (secondary N) is 6. The van der Waals surface area contributed by atoms with Crippen LogP contribution in [0.25, 0.3) is 0 Å². The summed E-state index contributed by atoms with van der Waals surface area (Å²) in [7, 11) is 1.63. The monoisotopic (exact) mass is 1790 g/mol. The number of hydrogen-bond acceptors (Lipinski definition) is 18. The third kappa shape index (κ3) is 13.0. The van der Waals surface area contributed by atoms with Gasteiger partial charge in [0.15, 0.2) is 10.7 Å². The molecular weight excluding hydrogens is 1680 g/mol. The predicted octanol–water partition coefficient (Wildman–Crippen LogP) is 3.65. The summed E-state index contributed by atoms with van der Waals surface area (Å²) in [6, 6.07) is -0.543. The number of nitrogens with zero attached hydrogens (tertiary/aromatic N) is 1. The molecular formula is C77H105N7O16S2SeTe2. The van der Waals surface area contributed by atoms with Crippen molar-refractivity contribution in [2.75, 3.05) is 7.05 Å². The Morgan fingerprint density at radius 1 is 0.486 bits per heavy atom. The van der Waals surface area contributed by atoms with E-state index in [-0.39, 0.29) is 150 Å². The quantitative estimate of drug-likeness (QED) is 0.0754. The standard InChI is InChI=1S/C14H20N2O3.C14H19NO2Te.C13H17NO3S.C13H17NO3Se.C13H17NO3Te.C10H15NO2S/c1-8-10-14(13(19)15-10,16(2)12(8)18)11(17)9-6-4-3-5-7-9;1-8-9(2)18-14(11(8)15-13(14)17)12(16)10-6-4-3-5-7-10;3*1-7-9-13(12(17)14-9,18-11(7)16)10(15)8-5-3-2-4-6-8;1-5(2)8(12)10-7(11-9(10)13)6(3)4-14-10/h4,6,8-11,17H,3,5,7H2,1-2H3,(H,15,19);4,6,10-12,16H,3,5,7H2,1-2H3,(H,15,17);3*3,5,7-10,15H,2,4,6H2,1H3,(H,14,17);4-5,7-8,12H,1-3H3,(H,11,13)/t8?,9-,10-,11-,14-;10-,11-,12-,14-;3*7?,8-,9-,10-,13-;7-,8-,10-/m000000/s1. The minimum atomic E-state index is -1.11. The average molecular weight is 1780 g/mol. The fraction of sp³-hybridized carbons (Fsp3) is 0.688. The maximum absolute atomic E-state index is 12.1. The Morgan fingerprint density at radius 3 is 1.35 bits per heavy atom. The van der Waals surface area contributed by atoms with Crippen molar-refractivity contribution in [3.8, 4) is 0 Å². The van der Waals surface area contributed by atoms with Crippen LogP contribution < -0.4 is 31.9 Å². The molecule has 12 N–H and O–H groups in total. The van der Waals surface area contributed by atoms with Gasteiger partial charge >= 0.3 is 347 Å². The molecule has 12 heterocycles. The molecule has 17 aliphatic rings. The zero-order chi connectivity index (χ0) is 75.9. The first kappa shape index (κ1) is 80.6. The van der Waals surface area contributed by atoms with Gasteiger partial charge in [-0.1, -0.05) is 63.8 Å². The first-order valence-electron chi connectivity index (χ1n) is 37.7. The molecule has 27 atom stereocenters. The molecule has 0 aromatic carbocycles. The van der Waals surface area contributed by atoms with E-state index in [1.54, 1.807) is 7.05 Å². The fourth-order valence-corrected chi connectivity index (χ4v) is 33.8. The Balaban J connectivity index is 0.000000119. The van der Waals surface area contributed by atoms with Gasteiger partial charge in [0.1, 0.15) is 9.49 Å². The molecule has 23 nitrogen and oxygen atoms in total. The number of aliphatic hydroxyl groups is 6. The molecule has 574 valence electrons. The zero-order valence-corrected chi connectivity index (χ0v) is 69.4. The van der Waals surface area contributed by atoms with E-state index in [2.05, 4.69) is 82.2 Å². The van der Waals surface area contributed by atoms with Gasteiger partial charge in [-0.25, -0.2) is 0 Å². The van der Waals surface area contributed by atoms with Crippen molar-refractivity contribution in [2.45, 2.75) is 258 Å². The van der Waals surface area contributed by atoms with Gasteiger partial charge in [0.05, 0.1) is 42.4 Å². The molecule has 0 saturated carbocycles. The van der Waals surface area contributed by atoms with Gasteiger partial charge in [-0.3, -0.25) is 24.0 Å². The van der Waals surface area contributed by atoms with Gasteiger partial charge in [0.25, 0.3) is 5.91 Å². The third-order valence-corrected chi connectivity index (χ3v) is 41.4. The SMILES string of the molecule is CC1=C(C)[C@@H]2NC(=O)[C@]2([C@@H](O)[C@H]2C=CCCC2)[Te]1.CC1=CS[C@@]2([C@@H](O)C(C)C)C(=O)N[C@@H]12.CC1C(=O)N(C)[C@@]2([C@@H](O)[C@H]3C=CCCC3)C(=O)N[C@@H]12.CC1C(=O)S[C@@]2([C@@H](O)[C@H]3C=CCCC3)C(=O)N[C@@H]12.CC1C(=O)[Se][C@@]2([C@@H](O)[C@H]3C=CCCC3)C(=O)N[C@@H]12.CC1C(=O)[Te][C@@]2([C@@H](O)[C@H]3C=CCCC3)C(=O)N[C@@H]12. The van der Waals surface area contributed by atoms with Crippen LogP contribution in [0.4, 0.5) is 0 Å². The molecule has 0 bridgehead atoms. The number of hydrogen-bond donors (Lipinski definition) is 12. The van der Waals surface area contributed by atoms with E-state index in [0.29, 0.717) is 0 Å². The van der Waals surface area contributed by atoms with Crippen LogP contribution in [0.1, 0.15) is 159 Å². The van der Waals surface area contributed by atoms with Crippen molar-refractivity contribution >= 4 is 135 Å². The summed E-state index contributed by atoms with van der Waals surface area (Å²) >= 11 is 0.390. The molecule has 10 fully saturated rings. The number of carbonyl (C=O) groups is 10. The molecule has 0 aromatic heterocycles. The van der Waals surface area contributed by atoms with E-state index in [9.17, 15) is 78.6 Å². The molecule has 7 amide bonds. The van der Waals surface area contributed by atoms with Crippen LogP contribution >= 0.6 is 23.5 Å². The normalized spacial score (nSPS) is 42.4. The summed E-state index contributed by atoms with van der Waals surface area (Å²) in [5.74, 6) is -0.963. The van der Waals surface area contributed by atoms with Crippen LogP contribution in [0, 0.1) is 59.2 Å². The van der Waals surface area contributed by atoms with Crippen molar-refractivity contribution in [1.29, 1.82) is 0 Å². The summed E-state index contributed by atoms with van der Waals surface area (Å²) in [6.07, 6.45) is 31.8. The number of amides is 7. The van der Waals surface area contributed by atoms with Crippen LogP contribution in [0.15, 0.2) is 80.9 Å². The molecule has 0 radical (unpaired) electrons. The average Bonchev–Trinajstić information content (AvgIpc) is 1.55. The van der Waals surface area contributed by atoms with Gasteiger partial charge in [-0.15, -0.1) is 11.8 Å². The Hall–Kier alpha value is -3.96. The molecule has 17 rings (SSSR count). The van der Waals surface area contributed by atoms with Crippen molar-refractivity contribution in [2.24, 2.45) is 59.2 Å². The van der Waals surface area contributed by atoms with E-state index >= 15 is 0 Å². The van der Waals surface area contributed by atoms with Gasteiger partial charge < -0.3 is 36.2 Å². The molecule has 105 heavy (non-hydrogen) atoms. The summed E-state index contributed by atoms with van der Waals surface area (Å²) < 4.78 is -1.72. The summed E-state index contributed by atoms with van der Waals surface area (Å²) in [4.78, 5) is 121. The maximum atomic E-state index is 12.1. The van der Waals surface area contributed by atoms with Crippen molar-refractivity contribution in [1.82, 2.24) is 36.8 Å². The number of rotatable bonds is 12. The van der Waals surface area contributed by atoms with E-state index in [4.69, 9.17) is 0 Å². The molecule has 12 aliphatic heterocycles. The number of fused-ring (bicyclic) bond motifs is 6. The van der Waals surface area contributed by atoms with Gasteiger partial charge in [0.2, 0.25) is 17.7 Å². The second kappa shape index (κ2) is 31.3. The van der Waals surface area contributed by atoms with Crippen LogP contribution in [0.3, 0.4) is 0 Å². The topological polar surface area (TPSA) is 367 Å². The van der Waals surface area contributed by atoms with Crippen LogP contribution in [-0.4, -0.2) is 242 Å².